The lowest BCUT2D eigenvalue weighted by Crippen LogP contribution is -2.22. The molecule has 0 N–H and O–H groups in total. The van der Waals surface area contributed by atoms with E-state index in [-0.39, 0.29) is 0 Å². The van der Waals surface area contributed by atoms with E-state index < -0.39 is 26.4 Å². The number of hydrogen-bond donors (Lipinski definition) is 0. The van der Waals surface area contributed by atoms with Crippen LogP contribution >= 0.6 is 0 Å². The van der Waals surface area contributed by atoms with Crippen molar-refractivity contribution in [3.63, 3.8) is 0 Å². The van der Waals surface area contributed by atoms with Gasteiger partial charge in [-0.3, -0.25) is 0 Å². The molecule has 100 valence electrons. The largest absolute Gasteiger partial charge is 0.275 e. The molecule has 1 aliphatic carbocycles. The quantitative estimate of drug-likeness (QED) is 0.840. The minimum absolute atomic E-state index is 0.425. The second-order valence-electron chi connectivity index (χ2n) is 4.44. The fourth-order valence-electron chi connectivity index (χ4n) is 1.80. The van der Waals surface area contributed by atoms with Crippen LogP contribution in [0.2, 0.25) is 0 Å². The molecule has 1 heterocycles. The van der Waals surface area contributed by atoms with Crippen LogP contribution in [0.4, 0.5) is 4.39 Å². The highest BCUT2D eigenvalue weighted by Gasteiger charge is 2.44. The van der Waals surface area contributed by atoms with Gasteiger partial charge in [-0.2, -0.15) is 4.68 Å². The summed E-state index contributed by atoms with van der Waals surface area (Å²) in [5.74, 6) is -0.425. The fraction of sp³-hybridized carbons (Fsp3) is 0.364. The molecule has 6 nitrogen and oxygen atoms in total. The minimum atomic E-state index is -4.15. The molecule has 1 unspecified atom stereocenters. The van der Waals surface area contributed by atoms with Crippen LogP contribution in [-0.4, -0.2) is 34.1 Å². The zero-order valence-electron chi connectivity index (χ0n) is 9.85. The lowest BCUT2D eigenvalue weighted by atomic mass is 10.3. The van der Waals surface area contributed by atoms with Crippen LogP contribution in [0.3, 0.4) is 0 Å². The maximum atomic E-state index is 13.9. The number of alkyl halides is 1. The maximum Gasteiger partial charge on any atom is 0.275 e. The summed E-state index contributed by atoms with van der Waals surface area (Å²) in [6.45, 7) is 0. The summed E-state index contributed by atoms with van der Waals surface area (Å²) in [4.78, 5) is 0. The standard InChI is InChI=1S/C11H11FN4O2S/c12-10(8-6-7-8)19(17,18)11-13-14-15-16(11)9-4-2-1-3-5-9/h1-5,8,10H,6-7H2. The Hall–Kier alpha value is -1.83. The van der Waals surface area contributed by atoms with Crippen molar-refractivity contribution in [1.29, 1.82) is 0 Å². The van der Waals surface area contributed by atoms with E-state index in [1.54, 1.807) is 30.3 Å². The summed E-state index contributed by atoms with van der Waals surface area (Å²) >= 11 is 0. The lowest BCUT2D eigenvalue weighted by molar-refractivity contribution is 0.381. The molecule has 0 spiro atoms. The number of hydrogen-bond acceptors (Lipinski definition) is 5. The molecule has 1 aromatic carbocycles. The van der Waals surface area contributed by atoms with Gasteiger partial charge < -0.3 is 0 Å². The van der Waals surface area contributed by atoms with Crippen LogP contribution in [0.25, 0.3) is 5.69 Å². The monoisotopic (exact) mass is 282 g/mol. The second kappa shape index (κ2) is 4.37. The predicted molar refractivity (Wildman–Crippen MR) is 64.0 cm³/mol. The fourth-order valence-corrected chi connectivity index (χ4v) is 3.31. The summed E-state index contributed by atoms with van der Waals surface area (Å²) in [6.07, 6.45) is 1.18. The van der Waals surface area contributed by atoms with Crippen molar-refractivity contribution in [2.45, 2.75) is 23.5 Å². The van der Waals surface area contributed by atoms with E-state index in [4.69, 9.17) is 0 Å². The first-order valence-electron chi connectivity index (χ1n) is 5.82. The van der Waals surface area contributed by atoms with Crippen LogP contribution < -0.4 is 0 Å². The van der Waals surface area contributed by atoms with Gasteiger partial charge in [0, 0.05) is 5.92 Å². The van der Waals surface area contributed by atoms with E-state index in [0.29, 0.717) is 18.5 Å². The molecule has 1 fully saturated rings. The molecular weight excluding hydrogens is 271 g/mol. The number of benzene rings is 1. The Morgan fingerprint density at radius 2 is 1.95 bits per heavy atom. The Kier molecular flexibility index (Phi) is 2.81. The van der Waals surface area contributed by atoms with Gasteiger partial charge in [-0.1, -0.05) is 23.3 Å². The van der Waals surface area contributed by atoms with Crippen LogP contribution in [0, 0.1) is 5.92 Å². The van der Waals surface area contributed by atoms with Gasteiger partial charge >= 0.3 is 0 Å². The molecule has 1 aliphatic rings. The van der Waals surface area contributed by atoms with Gasteiger partial charge in [-0.15, -0.1) is 0 Å². The SMILES string of the molecule is O=S(=O)(c1nnnn1-c1ccccc1)C(F)C1CC1. The second-order valence-corrected chi connectivity index (χ2v) is 6.35. The number of rotatable bonds is 4. The van der Waals surface area contributed by atoms with E-state index in [1.807, 2.05) is 0 Å². The molecule has 0 bridgehead atoms. The van der Waals surface area contributed by atoms with Crippen molar-refractivity contribution in [1.82, 2.24) is 20.2 Å². The highest BCUT2D eigenvalue weighted by molar-refractivity contribution is 7.91. The first-order valence-corrected chi connectivity index (χ1v) is 7.37. The Balaban J connectivity index is 2.05. The number of sulfone groups is 1. The average Bonchev–Trinajstić information content (AvgIpc) is 3.14. The highest BCUT2D eigenvalue weighted by atomic mass is 32.2. The topological polar surface area (TPSA) is 77.7 Å². The number of para-hydroxylation sites is 1. The van der Waals surface area contributed by atoms with Gasteiger partial charge in [0.25, 0.3) is 5.16 Å². The first kappa shape index (κ1) is 12.2. The molecule has 0 aliphatic heterocycles. The Labute approximate surface area is 109 Å². The molecule has 0 radical (unpaired) electrons. The van der Waals surface area contributed by atoms with Crippen molar-refractivity contribution in [3.05, 3.63) is 30.3 Å². The molecule has 8 heteroatoms. The van der Waals surface area contributed by atoms with E-state index in [2.05, 4.69) is 15.5 Å². The van der Waals surface area contributed by atoms with Gasteiger partial charge in [0.2, 0.25) is 15.3 Å². The van der Waals surface area contributed by atoms with Gasteiger partial charge in [-0.25, -0.2) is 12.8 Å². The average molecular weight is 282 g/mol. The van der Waals surface area contributed by atoms with Gasteiger partial charge in [0.1, 0.15) is 0 Å². The summed E-state index contributed by atoms with van der Waals surface area (Å²) in [5, 5.41) is 9.99. The summed E-state index contributed by atoms with van der Waals surface area (Å²) in [6, 6.07) is 8.53. The van der Waals surface area contributed by atoms with Crippen LogP contribution in [0.15, 0.2) is 35.5 Å². The third-order valence-corrected chi connectivity index (χ3v) is 4.73. The third kappa shape index (κ3) is 2.12. The number of aromatic nitrogens is 4. The minimum Gasteiger partial charge on any atom is -0.229 e. The Morgan fingerprint density at radius 3 is 2.58 bits per heavy atom. The van der Waals surface area contributed by atoms with Gasteiger partial charge in [-0.05, 0) is 35.4 Å². The molecule has 1 aromatic heterocycles. The number of halogens is 1. The van der Waals surface area contributed by atoms with Crippen LogP contribution in [0.5, 0.6) is 0 Å². The van der Waals surface area contributed by atoms with Crippen LogP contribution in [-0.2, 0) is 9.84 Å². The molecular formula is C11H11FN4O2S. The van der Waals surface area contributed by atoms with Crippen molar-refractivity contribution in [2.24, 2.45) is 5.92 Å². The number of nitrogens with zero attached hydrogens (tertiary/aromatic N) is 4. The summed E-state index contributed by atoms with van der Waals surface area (Å²) in [5.41, 5.74) is -1.45. The number of tetrazole rings is 1. The van der Waals surface area contributed by atoms with E-state index in [0.717, 1.165) is 4.68 Å². The molecule has 0 saturated heterocycles. The van der Waals surface area contributed by atoms with Crippen LogP contribution in [0.1, 0.15) is 12.8 Å². The lowest BCUT2D eigenvalue weighted by Gasteiger charge is -2.08. The van der Waals surface area contributed by atoms with E-state index in [9.17, 15) is 12.8 Å². The van der Waals surface area contributed by atoms with E-state index >= 15 is 0 Å². The summed E-state index contributed by atoms with van der Waals surface area (Å²) < 4.78 is 39.2. The van der Waals surface area contributed by atoms with E-state index in [1.165, 1.54) is 0 Å². The maximum absolute atomic E-state index is 13.9. The Morgan fingerprint density at radius 1 is 1.26 bits per heavy atom. The zero-order valence-corrected chi connectivity index (χ0v) is 10.7. The Bertz CT molecular complexity index is 682. The first-order chi connectivity index (χ1) is 9.10. The van der Waals surface area contributed by atoms with Gasteiger partial charge in [0.15, 0.2) is 0 Å². The highest BCUT2D eigenvalue weighted by Crippen LogP contribution is 2.38. The van der Waals surface area contributed by atoms with Crippen molar-refractivity contribution < 1.29 is 12.8 Å². The smallest absolute Gasteiger partial charge is 0.229 e. The molecule has 0 amide bonds. The van der Waals surface area contributed by atoms with Crippen molar-refractivity contribution in [3.8, 4) is 5.69 Å². The normalized spacial score (nSPS) is 17.3. The molecule has 19 heavy (non-hydrogen) atoms. The molecule has 1 atom stereocenters. The van der Waals surface area contributed by atoms with Crippen molar-refractivity contribution >= 4 is 9.84 Å². The zero-order chi connectivity index (χ0) is 13.5. The predicted octanol–water partition coefficient (Wildman–Crippen LogP) is 1.14. The molecule has 1 saturated carbocycles. The third-order valence-electron chi connectivity index (χ3n) is 2.99. The molecule has 3 rings (SSSR count). The van der Waals surface area contributed by atoms with Gasteiger partial charge in [0.05, 0.1) is 5.69 Å². The molecule has 2 aromatic rings. The van der Waals surface area contributed by atoms with Crippen molar-refractivity contribution in [2.75, 3.05) is 0 Å². The summed E-state index contributed by atoms with van der Waals surface area (Å²) in [7, 11) is -4.15.